The van der Waals surface area contributed by atoms with E-state index in [0.29, 0.717) is 6.54 Å². The molecule has 0 spiro atoms. The fourth-order valence-electron chi connectivity index (χ4n) is 2.59. The zero-order valence-electron chi connectivity index (χ0n) is 9.89. The van der Waals surface area contributed by atoms with Crippen LogP contribution in [0.15, 0.2) is 30.6 Å². The second-order valence-corrected chi connectivity index (χ2v) is 4.63. The fraction of sp³-hybridized carbons (Fsp3) is 0.357. The van der Waals surface area contributed by atoms with Gasteiger partial charge in [0.15, 0.2) is 0 Å². The molecule has 3 nitrogen and oxygen atoms in total. The predicted octanol–water partition coefficient (Wildman–Crippen LogP) is 1.88. The van der Waals surface area contributed by atoms with Gasteiger partial charge >= 0.3 is 0 Å². The Morgan fingerprint density at radius 2 is 2.12 bits per heavy atom. The number of aryl methyl sites for hydroxylation is 2. The smallest absolute Gasteiger partial charge is 0.122 e. The van der Waals surface area contributed by atoms with Crippen molar-refractivity contribution < 1.29 is 0 Å². The Hall–Kier alpha value is -1.61. The first kappa shape index (κ1) is 10.5. The Morgan fingerprint density at radius 1 is 1.24 bits per heavy atom. The molecule has 0 aliphatic heterocycles. The quantitative estimate of drug-likeness (QED) is 0.870. The molecule has 0 radical (unpaired) electrons. The third-order valence-electron chi connectivity index (χ3n) is 3.50. The van der Waals surface area contributed by atoms with E-state index < -0.39 is 0 Å². The number of imidazole rings is 1. The van der Waals surface area contributed by atoms with Crippen molar-refractivity contribution in [1.82, 2.24) is 9.55 Å². The maximum Gasteiger partial charge on any atom is 0.122 e. The van der Waals surface area contributed by atoms with Crippen LogP contribution in [0.1, 0.15) is 28.9 Å². The SMILES string of the molecule is NCc1nccn1Cc1ccc2c(c1)CCC2. The average molecular weight is 227 g/mol. The summed E-state index contributed by atoms with van der Waals surface area (Å²) >= 11 is 0. The highest BCUT2D eigenvalue weighted by Gasteiger charge is 2.11. The van der Waals surface area contributed by atoms with Crippen molar-refractivity contribution in [3.8, 4) is 0 Å². The van der Waals surface area contributed by atoms with E-state index in [0.717, 1.165) is 12.4 Å². The van der Waals surface area contributed by atoms with Crippen molar-refractivity contribution in [2.45, 2.75) is 32.4 Å². The van der Waals surface area contributed by atoms with Crippen molar-refractivity contribution in [2.24, 2.45) is 5.73 Å². The van der Waals surface area contributed by atoms with Gasteiger partial charge in [0.1, 0.15) is 5.82 Å². The van der Waals surface area contributed by atoms with Gasteiger partial charge < -0.3 is 10.3 Å². The summed E-state index contributed by atoms with van der Waals surface area (Å²) in [6.45, 7) is 1.37. The summed E-state index contributed by atoms with van der Waals surface area (Å²) in [5.74, 6) is 0.950. The van der Waals surface area contributed by atoms with Gasteiger partial charge in [0.05, 0.1) is 6.54 Å². The highest BCUT2D eigenvalue weighted by atomic mass is 15.1. The monoisotopic (exact) mass is 227 g/mol. The summed E-state index contributed by atoms with van der Waals surface area (Å²) < 4.78 is 2.12. The predicted molar refractivity (Wildman–Crippen MR) is 67.7 cm³/mol. The van der Waals surface area contributed by atoms with Crippen LogP contribution in [0.5, 0.6) is 0 Å². The Bertz CT molecular complexity index is 528. The van der Waals surface area contributed by atoms with Crippen LogP contribution < -0.4 is 5.73 Å². The van der Waals surface area contributed by atoms with Crippen LogP contribution in [0.4, 0.5) is 0 Å². The molecule has 1 aliphatic carbocycles. The van der Waals surface area contributed by atoms with Gasteiger partial charge in [-0.2, -0.15) is 0 Å². The third-order valence-corrected chi connectivity index (χ3v) is 3.50. The number of aromatic nitrogens is 2. The van der Waals surface area contributed by atoms with Crippen LogP contribution in [-0.2, 0) is 25.9 Å². The maximum atomic E-state index is 5.66. The van der Waals surface area contributed by atoms with Crippen molar-refractivity contribution in [3.05, 3.63) is 53.1 Å². The molecule has 0 bridgehead atoms. The Balaban J connectivity index is 1.86. The van der Waals surface area contributed by atoms with E-state index in [9.17, 15) is 0 Å². The molecule has 3 rings (SSSR count). The minimum Gasteiger partial charge on any atom is -0.329 e. The third kappa shape index (κ3) is 1.98. The van der Waals surface area contributed by atoms with E-state index in [-0.39, 0.29) is 0 Å². The van der Waals surface area contributed by atoms with Crippen molar-refractivity contribution in [3.63, 3.8) is 0 Å². The molecule has 88 valence electrons. The molecule has 0 fully saturated rings. The average Bonchev–Trinajstić information content (AvgIpc) is 2.96. The highest BCUT2D eigenvalue weighted by Crippen LogP contribution is 2.23. The first-order valence-corrected chi connectivity index (χ1v) is 6.17. The van der Waals surface area contributed by atoms with Crippen LogP contribution in [-0.4, -0.2) is 9.55 Å². The molecule has 1 aromatic carbocycles. The maximum absolute atomic E-state index is 5.66. The largest absolute Gasteiger partial charge is 0.329 e. The number of hydrogen-bond acceptors (Lipinski definition) is 2. The molecule has 0 atom stereocenters. The number of fused-ring (bicyclic) bond motifs is 1. The zero-order valence-corrected chi connectivity index (χ0v) is 9.89. The van der Waals surface area contributed by atoms with Crippen molar-refractivity contribution in [2.75, 3.05) is 0 Å². The molecule has 0 unspecified atom stereocenters. The zero-order chi connectivity index (χ0) is 11.7. The Kier molecular flexibility index (Phi) is 2.69. The van der Waals surface area contributed by atoms with E-state index in [2.05, 4.69) is 27.8 Å². The number of nitrogens with zero attached hydrogens (tertiary/aromatic N) is 2. The standard InChI is InChI=1S/C14H17N3/c15-9-14-16-6-7-17(14)10-11-4-5-12-2-1-3-13(12)8-11/h4-8H,1-3,9-10,15H2. The van der Waals surface area contributed by atoms with Gasteiger partial charge in [0.2, 0.25) is 0 Å². The molecule has 0 amide bonds. The lowest BCUT2D eigenvalue weighted by atomic mass is 10.1. The minimum absolute atomic E-state index is 0.498. The summed E-state index contributed by atoms with van der Waals surface area (Å²) in [6.07, 6.45) is 7.59. The molecule has 17 heavy (non-hydrogen) atoms. The molecule has 1 heterocycles. The topological polar surface area (TPSA) is 43.8 Å². The molecule has 0 saturated heterocycles. The van der Waals surface area contributed by atoms with Gasteiger partial charge in [0, 0.05) is 18.9 Å². The molecule has 2 N–H and O–H groups in total. The van der Waals surface area contributed by atoms with Crippen LogP contribution in [0, 0.1) is 0 Å². The number of rotatable bonds is 3. The van der Waals surface area contributed by atoms with E-state index in [4.69, 9.17) is 5.73 Å². The van der Waals surface area contributed by atoms with Crippen LogP contribution >= 0.6 is 0 Å². The van der Waals surface area contributed by atoms with Gasteiger partial charge in [-0.1, -0.05) is 18.2 Å². The lowest BCUT2D eigenvalue weighted by Gasteiger charge is -2.08. The van der Waals surface area contributed by atoms with E-state index in [1.54, 1.807) is 0 Å². The summed E-state index contributed by atoms with van der Waals surface area (Å²) in [4.78, 5) is 4.24. The highest BCUT2D eigenvalue weighted by molar-refractivity contribution is 5.35. The normalized spacial score (nSPS) is 13.9. The van der Waals surface area contributed by atoms with Gasteiger partial charge in [-0.25, -0.2) is 4.98 Å². The molecule has 1 aliphatic rings. The molecule has 1 aromatic heterocycles. The lowest BCUT2D eigenvalue weighted by Crippen LogP contribution is -2.09. The lowest BCUT2D eigenvalue weighted by molar-refractivity contribution is 0.723. The molecular weight excluding hydrogens is 210 g/mol. The van der Waals surface area contributed by atoms with Crippen LogP contribution in [0.25, 0.3) is 0 Å². The molecular formula is C14H17N3. The number of benzene rings is 1. The Labute approximate surface area is 101 Å². The van der Waals surface area contributed by atoms with Gasteiger partial charge in [-0.15, -0.1) is 0 Å². The second kappa shape index (κ2) is 4.34. The fourth-order valence-corrected chi connectivity index (χ4v) is 2.59. The van der Waals surface area contributed by atoms with Crippen LogP contribution in [0.2, 0.25) is 0 Å². The summed E-state index contributed by atoms with van der Waals surface area (Å²) in [5, 5.41) is 0. The second-order valence-electron chi connectivity index (χ2n) is 4.63. The van der Waals surface area contributed by atoms with E-state index >= 15 is 0 Å². The van der Waals surface area contributed by atoms with Gasteiger partial charge in [-0.3, -0.25) is 0 Å². The van der Waals surface area contributed by atoms with Crippen LogP contribution in [0.3, 0.4) is 0 Å². The number of hydrogen-bond donors (Lipinski definition) is 1. The van der Waals surface area contributed by atoms with Gasteiger partial charge in [-0.05, 0) is 36.0 Å². The summed E-state index contributed by atoms with van der Waals surface area (Å²) in [6, 6.07) is 6.84. The minimum atomic E-state index is 0.498. The summed E-state index contributed by atoms with van der Waals surface area (Å²) in [7, 11) is 0. The van der Waals surface area contributed by atoms with E-state index in [1.165, 1.54) is 36.0 Å². The Morgan fingerprint density at radius 3 is 3.00 bits per heavy atom. The van der Waals surface area contributed by atoms with Crippen molar-refractivity contribution in [1.29, 1.82) is 0 Å². The molecule has 3 heteroatoms. The first-order valence-electron chi connectivity index (χ1n) is 6.17. The number of nitrogens with two attached hydrogens (primary N) is 1. The molecule has 0 saturated carbocycles. The molecule has 2 aromatic rings. The summed E-state index contributed by atoms with van der Waals surface area (Å²) in [5.41, 5.74) is 10.1. The van der Waals surface area contributed by atoms with Gasteiger partial charge in [0.25, 0.3) is 0 Å². The first-order chi connectivity index (χ1) is 8.36. The van der Waals surface area contributed by atoms with Crippen molar-refractivity contribution >= 4 is 0 Å². The van der Waals surface area contributed by atoms with E-state index in [1.807, 2.05) is 12.4 Å².